The maximum Gasteiger partial charge on any atom is 0.336 e. The fraction of sp³-hybridized carbons (Fsp3) is 0.158. The van der Waals surface area contributed by atoms with Crippen LogP contribution < -0.4 is 10.4 Å². The number of hydrogen-bond donors (Lipinski definition) is 0. The quantitative estimate of drug-likeness (QED) is 0.489. The van der Waals surface area contributed by atoms with Gasteiger partial charge >= 0.3 is 5.63 Å². The van der Waals surface area contributed by atoms with E-state index in [1.165, 1.54) is 6.07 Å². The first-order valence-electron chi connectivity index (χ1n) is 7.91. The van der Waals surface area contributed by atoms with Crippen molar-refractivity contribution in [2.45, 2.75) is 20.0 Å². The largest absolute Gasteiger partial charge is 0.487 e. The standard InChI is InChI=1S/C19H15NO4S/c1-2-12-8-18(21)24-16-9-14(5-6-15(12)16)22-10-13-11-23-19(20-13)17-4-3-7-25-17/h3-9,11H,2,10H2,1H3. The molecule has 25 heavy (non-hydrogen) atoms. The van der Waals surface area contributed by atoms with Crippen molar-refractivity contribution in [2.75, 3.05) is 0 Å². The average Bonchev–Trinajstić information content (AvgIpc) is 3.30. The highest BCUT2D eigenvalue weighted by atomic mass is 32.1. The van der Waals surface area contributed by atoms with E-state index in [1.807, 2.05) is 36.6 Å². The minimum atomic E-state index is -0.349. The van der Waals surface area contributed by atoms with Crippen molar-refractivity contribution >= 4 is 22.3 Å². The number of thiophene rings is 1. The number of benzene rings is 1. The van der Waals surface area contributed by atoms with E-state index in [1.54, 1.807) is 23.7 Å². The molecule has 3 heterocycles. The van der Waals surface area contributed by atoms with Gasteiger partial charge in [0.15, 0.2) is 0 Å². The molecule has 0 N–H and O–H groups in total. The number of aryl methyl sites for hydroxylation is 1. The zero-order chi connectivity index (χ0) is 17.2. The Balaban J connectivity index is 1.54. The summed E-state index contributed by atoms with van der Waals surface area (Å²) < 4.78 is 16.5. The fourth-order valence-electron chi connectivity index (χ4n) is 2.64. The summed E-state index contributed by atoms with van der Waals surface area (Å²) in [6.45, 7) is 2.28. The van der Waals surface area contributed by atoms with Crippen LogP contribution in [0.3, 0.4) is 0 Å². The van der Waals surface area contributed by atoms with Crippen molar-refractivity contribution in [2.24, 2.45) is 0 Å². The predicted molar refractivity (Wildman–Crippen MR) is 96.0 cm³/mol. The lowest BCUT2D eigenvalue weighted by Crippen LogP contribution is -2.00. The second-order valence-corrected chi connectivity index (χ2v) is 6.46. The van der Waals surface area contributed by atoms with Gasteiger partial charge in [-0.1, -0.05) is 13.0 Å². The molecule has 0 spiro atoms. The number of fused-ring (bicyclic) bond motifs is 1. The van der Waals surface area contributed by atoms with E-state index in [0.717, 1.165) is 22.2 Å². The summed E-state index contributed by atoms with van der Waals surface area (Å²) in [5, 5.41) is 2.90. The Morgan fingerprint density at radius 2 is 2.16 bits per heavy atom. The van der Waals surface area contributed by atoms with E-state index >= 15 is 0 Å². The summed E-state index contributed by atoms with van der Waals surface area (Å²) in [7, 11) is 0. The molecule has 0 aliphatic rings. The first-order valence-corrected chi connectivity index (χ1v) is 8.79. The predicted octanol–water partition coefficient (Wildman–Crippen LogP) is 4.65. The minimum absolute atomic E-state index is 0.276. The third-order valence-electron chi connectivity index (χ3n) is 3.85. The van der Waals surface area contributed by atoms with Crippen molar-refractivity contribution in [3.63, 3.8) is 0 Å². The van der Waals surface area contributed by atoms with E-state index in [9.17, 15) is 4.79 Å². The lowest BCUT2D eigenvalue weighted by atomic mass is 10.1. The van der Waals surface area contributed by atoms with Gasteiger partial charge in [-0.05, 0) is 35.6 Å². The van der Waals surface area contributed by atoms with Gasteiger partial charge in [-0.2, -0.15) is 0 Å². The molecule has 1 aromatic carbocycles. The van der Waals surface area contributed by atoms with Crippen LogP contribution in [-0.4, -0.2) is 4.98 Å². The molecule has 126 valence electrons. The van der Waals surface area contributed by atoms with E-state index in [0.29, 0.717) is 22.9 Å². The van der Waals surface area contributed by atoms with Crippen LogP contribution in [0, 0.1) is 0 Å². The average molecular weight is 353 g/mol. The molecule has 0 aliphatic carbocycles. The van der Waals surface area contributed by atoms with Crippen molar-refractivity contribution in [3.05, 3.63) is 69.7 Å². The molecule has 5 nitrogen and oxygen atoms in total. The van der Waals surface area contributed by atoms with Gasteiger partial charge in [0, 0.05) is 17.5 Å². The molecule has 0 fully saturated rings. The van der Waals surface area contributed by atoms with Crippen molar-refractivity contribution in [3.8, 4) is 16.5 Å². The Bertz CT molecular complexity index is 1060. The highest BCUT2D eigenvalue weighted by Crippen LogP contribution is 2.25. The summed E-state index contributed by atoms with van der Waals surface area (Å²) in [5.74, 6) is 1.20. The first-order chi connectivity index (χ1) is 12.2. The zero-order valence-electron chi connectivity index (χ0n) is 13.5. The van der Waals surface area contributed by atoms with Crippen LogP contribution in [0.2, 0.25) is 0 Å². The molecular weight excluding hydrogens is 338 g/mol. The molecule has 0 atom stereocenters. The number of aromatic nitrogens is 1. The van der Waals surface area contributed by atoms with Crippen LogP contribution in [0.25, 0.3) is 21.7 Å². The SMILES string of the molecule is CCc1cc(=O)oc2cc(OCc3coc(-c4cccs4)n3)ccc12. The molecule has 0 bridgehead atoms. The topological polar surface area (TPSA) is 65.5 Å². The molecule has 0 amide bonds. The van der Waals surface area contributed by atoms with Gasteiger partial charge in [-0.15, -0.1) is 11.3 Å². The number of ether oxygens (including phenoxy) is 1. The van der Waals surface area contributed by atoms with Crippen molar-refractivity contribution in [1.29, 1.82) is 0 Å². The summed E-state index contributed by atoms with van der Waals surface area (Å²) in [4.78, 5) is 17.0. The van der Waals surface area contributed by atoms with Crippen LogP contribution >= 0.6 is 11.3 Å². The van der Waals surface area contributed by atoms with Gasteiger partial charge in [-0.25, -0.2) is 9.78 Å². The summed E-state index contributed by atoms with van der Waals surface area (Å²) in [6, 6.07) is 10.9. The number of hydrogen-bond acceptors (Lipinski definition) is 6. The molecule has 4 rings (SSSR count). The Labute approximate surface area is 147 Å². The number of nitrogens with zero attached hydrogens (tertiary/aromatic N) is 1. The van der Waals surface area contributed by atoms with Crippen LogP contribution in [-0.2, 0) is 13.0 Å². The lowest BCUT2D eigenvalue weighted by molar-refractivity contribution is 0.301. The number of oxazole rings is 1. The Morgan fingerprint density at radius 1 is 1.24 bits per heavy atom. The molecule has 0 radical (unpaired) electrons. The molecular formula is C19H15NO4S. The second-order valence-electron chi connectivity index (χ2n) is 5.51. The molecule has 4 aromatic rings. The molecule has 0 unspecified atom stereocenters. The van der Waals surface area contributed by atoms with Gasteiger partial charge in [0.25, 0.3) is 0 Å². The minimum Gasteiger partial charge on any atom is -0.487 e. The third-order valence-corrected chi connectivity index (χ3v) is 4.71. The van der Waals surface area contributed by atoms with Gasteiger partial charge in [0.1, 0.15) is 29.9 Å². The monoisotopic (exact) mass is 353 g/mol. The Hall–Kier alpha value is -2.86. The number of rotatable bonds is 5. The molecule has 0 saturated heterocycles. The summed E-state index contributed by atoms with van der Waals surface area (Å²) in [6.07, 6.45) is 2.36. The van der Waals surface area contributed by atoms with Crippen LogP contribution in [0.4, 0.5) is 0 Å². The highest BCUT2D eigenvalue weighted by molar-refractivity contribution is 7.13. The van der Waals surface area contributed by atoms with Gasteiger partial charge in [0.2, 0.25) is 5.89 Å². The lowest BCUT2D eigenvalue weighted by Gasteiger charge is -2.07. The van der Waals surface area contributed by atoms with E-state index in [4.69, 9.17) is 13.6 Å². The second kappa shape index (κ2) is 6.57. The molecule has 0 aliphatic heterocycles. The normalized spacial score (nSPS) is 11.1. The fourth-order valence-corrected chi connectivity index (χ4v) is 3.29. The zero-order valence-corrected chi connectivity index (χ0v) is 14.3. The Morgan fingerprint density at radius 3 is 2.96 bits per heavy atom. The smallest absolute Gasteiger partial charge is 0.336 e. The Kier molecular flexibility index (Phi) is 4.11. The summed E-state index contributed by atoms with van der Waals surface area (Å²) >= 11 is 1.57. The summed E-state index contributed by atoms with van der Waals surface area (Å²) in [5.41, 5.74) is 1.85. The maximum absolute atomic E-state index is 11.6. The highest BCUT2D eigenvalue weighted by Gasteiger charge is 2.09. The van der Waals surface area contributed by atoms with Crippen LogP contribution in [0.1, 0.15) is 18.2 Å². The van der Waals surface area contributed by atoms with E-state index in [2.05, 4.69) is 4.98 Å². The molecule has 6 heteroatoms. The van der Waals surface area contributed by atoms with Crippen molar-refractivity contribution < 1.29 is 13.6 Å². The van der Waals surface area contributed by atoms with E-state index < -0.39 is 0 Å². The van der Waals surface area contributed by atoms with Gasteiger partial charge in [0.05, 0.1) is 4.88 Å². The van der Waals surface area contributed by atoms with Gasteiger partial charge in [-0.3, -0.25) is 0 Å². The van der Waals surface area contributed by atoms with Crippen molar-refractivity contribution in [1.82, 2.24) is 4.98 Å². The maximum atomic E-state index is 11.6. The first kappa shape index (κ1) is 15.7. The van der Waals surface area contributed by atoms with Gasteiger partial charge < -0.3 is 13.6 Å². The van der Waals surface area contributed by atoms with Crippen LogP contribution in [0.15, 0.2) is 61.7 Å². The van der Waals surface area contributed by atoms with Crippen LogP contribution in [0.5, 0.6) is 5.75 Å². The molecule has 3 aromatic heterocycles. The van der Waals surface area contributed by atoms with E-state index in [-0.39, 0.29) is 12.2 Å². The molecule has 0 saturated carbocycles. The third kappa shape index (κ3) is 3.21.